The zero-order valence-corrected chi connectivity index (χ0v) is 32.9. The van der Waals surface area contributed by atoms with Crippen molar-refractivity contribution >= 4 is 11.6 Å². The molecule has 0 aliphatic rings. The fourth-order valence-corrected chi connectivity index (χ4v) is 6.94. The number of hydrogen-bond donors (Lipinski definition) is 0. The molecule has 0 saturated heterocycles. The van der Waals surface area contributed by atoms with Gasteiger partial charge < -0.3 is 28.4 Å². The van der Waals surface area contributed by atoms with E-state index in [9.17, 15) is 0 Å². The summed E-state index contributed by atoms with van der Waals surface area (Å²) in [5.74, 6) is -0.367. The van der Waals surface area contributed by atoms with Crippen LogP contribution in [0.3, 0.4) is 0 Å². The highest BCUT2D eigenvalue weighted by atomic mass is 35.5. The maximum atomic E-state index is 6.04. The highest BCUT2D eigenvalue weighted by Gasteiger charge is 2.32. The molecule has 0 saturated carbocycles. The second-order valence-electron chi connectivity index (χ2n) is 13.0. The van der Waals surface area contributed by atoms with E-state index in [2.05, 4.69) is 24.3 Å². The predicted octanol–water partition coefficient (Wildman–Crippen LogP) is 12.1. The van der Waals surface area contributed by atoms with Crippen LogP contribution in [-0.2, 0) is 40.7 Å². The normalized spacial score (nSPS) is 12.4. The fourth-order valence-electron chi connectivity index (χ4n) is 6.77. The van der Waals surface area contributed by atoms with E-state index in [4.69, 9.17) is 40.0 Å². The average Bonchev–Trinajstić information content (AvgIpc) is 3.07. The summed E-state index contributed by atoms with van der Waals surface area (Å²) in [4.78, 5) is 0. The van der Waals surface area contributed by atoms with E-state index in [1.165, 1.54) is 107 Å². The zero-order chi connectivity index (χ0) is 35.2. The molecule has 0 N–H and O–H groups in total. The summed E-state index contributed by atoms with van der Waals surface area (Å²) in [6.45, 7) is 15.6. The molecule has 7 heteroatoms. The first-order chi connectivity index (χ1) is 23.5. The Morgan fingerprint density at radius 1 is 0.438 bits per heavy atom. The van der Waals surface area contributed by atoms with Crippen LogP contribution in [0.1, 0.15) is 168 Å². The second-order valence-corrected chi connectivity index (χ2v) is 13.3. The second kappa shape index (κ2) is 29.9. The molecule has 0 atom stereocenters. The van der Waals surface area contributed by atoms with Gasteiger partial charge in [-0.05, 0) is 77.8 Å². The van der Waals surface area contributed by atoms with Crippen molar-refractivity contribution in [1.82, 2.24) is 0 Å². The third kappa shape index (κ3) is 20.8. The largest absolute Gasteiger partial charge is 0.328 e. The lowest BCUT2D eigenvalue weighted by molar-refractivity contribution is -0.380. The topological polar surface area (TPSA) is 55.4 Å². The van der Waals surface area contributed by atoms with Crippen LogP contribution in [-0.4, -0.2) is 51.6 Å². The van der Waals surface area contributed by atoms with Gasteiger partial charge in [-0.15, -0.1) is 11.6 Å². The minimum Gasteiger partial charge on any atom is -0.328 e. The minimum atomic E-state index is -0.858. The van der Waals surface area contributed by atoms with Gasteiger partial charge in [0.1, 0.15) is 0 Å². The summed E-state index contributed by atoms with van der Waals surface area (Å²) in [5.41, 5.74) is 2.66. The van der Waals surface area contributed by atoms with Crippen molar-refractivity contribution in [2.75, 3.05) is 39.6 Å². The summed E-state index contributed by atoms with van der Waals surface area (Å²) in [7, 11) is 0. The van der Waals surface area contributed by atoms with Crippen molar-refractivity contribution in [2.45, 2.75) is 181 Å². The van der Waals surface area contributed by atoms with Crippen molar-refractivity contribution in [3.8, 4) is 0 Å². The first kappa shape index (κ1) is 45.3. The van der Waals surface area contributed by atoms with Crippen molar-refractivity contribution in [2.24, 2.45) is 5.92 Å². The minimum absolute atomic E-state index is 0.586. The molecule has 0 fully saturated rings. The molecule has 0 bridgehead atoms. The van der Waals surface area contributed by atoms with Crippen LogP contribution in [0, 0.1) is 5.92 Å². The third-order valence-electron chi connectivity index (χ3n) is 9.08. The Hall–Kier alpha value is -0.730. The Morgan fingerprint density at radius 3 is 1.04 bits per heavy atom. The molecule has 0 spiro atoms. The molecule has 0 aliphatic heterocycles. The Bertz CT molecular complexity index is 757. The first-order valence-electron chi connectivity index (χ1n) is 19.9. The summed E-state index contributed by atoms with van der Waals surface area (Å²) in [6.07, 6.45) is 23.1. The highest BCUT2D eigenvalue weighted by Crippen LogP contribution is 2.27. The maximum Gasteiger partial charge on any atom is 0.282 e. The Labute approximate surface area is 301 Å². The van der Waals surface area contributed by atoms with E-state index in [-0.39, 0.29) is 0 Å². The molecule has 282 valence electrons. The molecule has 0 radical (unpaired) electrons. The predicted molar refractivity (Wildman–Crippen MR) is 202 cm³/mol. The number of benzene rings is 1. The van der Waals surface area contributed by atoms with Crippen LogP contribution >= 0.6 is 11.6 Å². The number of rotatable bonds is 35. The molecule has 0 amide bonds. The smallest absolute Gasteiger partial charge is 0.282 e. The molecule has 6 nitrogen and oxygen atoms in total. The number of unbranched alkanes of at least 4 members (excludes halogenated alkanes) is 12. The van der Waals surface area contributed by atoms with E-state index in [1.54, 1.807) is 0 Å². The van der Waals surface area contributed by atoms with Gasteiger partial charge in [-0.3, -0.25) is 0 Å². The summed E-state index contributed by atoms with van der Waals surface area (Å²) >= 11 is 6.04. The van der Waals surface area contributed by atoms with Gasteiger partial charge in [-0.2, -0.15) is 0 Å². The number of halogens is 1. The third-order valence-corrected chi connectivity index (χ3v) is 9.39. The Morgan fingerprint density at radius 2 is 0.729 bits per heavy atom. The van der Waals surface area contributed by atoms with Crippen LogP contribution in [0.5, 0.6) is 0 Å². The van der Waals surface area contributed by atoms with Crippen molar-refractivity contribution in [1.29, 1.82) is 0 Å². The molecule has 48 heavy (non-hydrogen) atoms. The van der Waals surface area contributed by atoms with Gasteiger partial charge in [0.15, 0.2) is 0 Å². The molecule has 0 aliphatic carbocycles. The monoisotopic (exact) mass is 699 g/mol. The van der Waals surface area contributed by atoms with Gasteiger partial charge in [0.05, 0.1) is 0 Å². The van der Waals surface area contributed by atoms with Crippen molar-refractivity contribution < 1.29 is 28.4 Å². The molecule has 0 aromatic heterocycles. The summed E-state index contributed by atoms with van der Waals surface area (Å²) in [5, 5.41) is 0. The lowest BCUT2D eigenvalue weighted by Crippen LogP contribution is -2.39. The van der Waals surface area contributed by atoms with Crippen LogP contribution in [0.15, 0.2) is 24.3 Å². The maximum absolute atomic E-state index is 6.04. The van der Waals surface area contributed by atoms with Crippen molar-refractivity contribution in [3.63, 3.8) is 0 Å². The van der Waals surface area contributed by atoms with Crippen LogP contribution < -0.4 is 0 Å². The lowest BCUT2D eigenvalue weighted by atomic mass is 9.88. The van der Waals surface area contributed by atoms with Crippen LogP contribution in [0.25, 0.3) is 0 Å². The molecule has 1 aromatic rings. The molecular weight excluding hydrogens is 624 g/mol. The molecule has 1 aromatic carbocycles. The van der Waals surface area contributed by atoms with E-state index in [0.717, 1.165) is 31.6 Å². The van der Waals surface area contributed by atoms with E-state index >= 15 is 0 Å². The summed E-state index contributed by atoms with van der Waals surface area (Å²) < 4.78 is 35.3. The van der Waals surface area contributed by atoms with Crippen molar-refractivity contribution in [3.05, 3.63) is 35.4 Å². The quantitative estimate of drug-likeness (QED) is 0.0399. The first-order valence-corrected chi connectivity index (χ1v) is 20.5. The zero-order valence-electron chi connectivity index (χ0n) is 32.1. The number of alkyl halides is 1. The standard InChI is InChI=1S/C41H75ClO6/c1-7-43-40(44-8-2,45-9-3)33-25-21-17-13-15-19-23-27-37(35-38-29-31-39(36-42)32-30-38)28-24-20-16-14-18-22-26-34-41(46-10-4,47-11-5)48-12-6/h29-32,37H,7-28,33-36H2,1-6H3. The summed E-state index contributed by atoms with van der Waals surface area (Å²) in [6, 6.07) is 8.97. The van der Waals surface area contributed by atoms with Gasteiger partial charge in [-0.1, -0.05) is 114 Å². The Balaban J connectivity index is 2.36. The van der Waals surface area contributed by atoms with Gasteiger partial charge in [0.25, 0.3) is 11.9 Å². The van der Waals surface area contributed by atoms with Crippen LogP contribution in [0.2, 0.25) is 0 Å². The lowest BCUT2D eigenvalue weighted by Gasteiger charge is -2.32. The molecular formula is C41H75ClO6. The van der Waals surface area contributed by atoms with E-state index in [1.807, 2.05) is 41.5 Å². The van der Waals surface area contributed by atoms with Gasteiger partial charge >= 0.3 is 0 Å². The van der Waals surface area contributed by atoms with Gasteiger partial charge in [-0.25, -0.2) is 0 Å². The highest BCUT2D eigenvalue weighted by molar-refractivity contribution is 6.17. The fraction of sp³-hybridized carbons (Fsp3) is 0.854. The Kier molecular flexibility index (Phi) is 28.3. The molecule has 0 unspecified atom stereocenters. The van der Waals surface area contributed by atoms with Gasteiger partial charge in [0, 0.05) is 58.4 Å². The SMILES string of the molecule is CCOC(CCCCCCCCCC(CCCCCCCCCC(OCC)(OCC)OCC)Cc1ccc(CCl)cc1)(OCC)OCC. The number of hydrogen-bond acceptors (Lipinski definition) is 6. The van der Waals surface area contributed by atoms with E-state index < -0.39 is 11.9 Å². The van der Waals surface area contributed by atoms with Gasteiger partial charge in [0.2, 0.25) is 0 Å². The molecule has 0 heterocycles. The van der Waals surface area contributed by atoms with E-state index in [0.29, 0.717) is 45.5 Å². The molecule has 1 rings (SSSR count). The number of ether oxygens (including phenoxy) is 6. The average molecular weight is 699 g/mol. The van der Waals surface area contributed by atoms with Crippen LogP contribution in [0.4, 0.5) is 0 Å².